The molecular weight excluding hydrogens is 300 g/mol. The molecule has 3 aromatic rings. The van der Waals surface area contributed by atoms with Crippen LogP contribution in [-0.2, 0) is 11.2 Å². The third-order valence-corrected chi connectivity index (χ3v) is 3.44. The topological polar surface area (TPSA) is 55.1 Å². The fourth-order valence-electron chi connectivity index (χ4n) is 2.11. The average Bonchev–Trinajstić information content (AvgIpc) is 2.98. The number of aromatic nitrogens is 1. The van der Waals surface area contributed by atoms with Crippen molar-refractivity contribution in [1.29, 1.82) is 0 Å². The quantitative estimate of drug-likeness (QED) is 0.786. The number of halogens is 1. The molecular formula is C17H13ClN2O2. The molecule has 1 amide bonds. The number of hydrogen-bond acceptors (Lipinski definition) is 3. The minimum Gasteiger partial charge on any atom is -0.338 e. The number of hydrogen-bond donors (Lipinski definition) is 1. The standard InChI is InChI=1S/C17H13ClN2O2/c18-14-8-6-12(7-9-14)10-16(21)20-17-15(11-19-22-17)13-4-2-1-3-5-13/h1-9,11H,10H2,(H,20,21). The van der Waals surface area contributed by atoms with E-state index in [1.165, 1.54) is 0 Å². The average molecular weight is 313 g/mol. The molecule has 22 heavy (non-hydrogen) atoms. The molecule has 110 valence electrons. The molecule has 0 aliphatic rings. The number of nitrogens with zero attached hydrogens (tertiary/aromatic N) is 1. The van der Waals surface area contributed by atoms with Gasteiger partial charge >= 0.3 is 0 Å². The molecule has 0 saturated carbocycles. The van der Waals surface area contributed by atoms with Crippen LogP contribution < -0.4 is 5.32 Å². The van der Waals surface area contributed by atoms with Gasteiger partial charge in [0.15, 0.2) is 0 Å². The Morgan fingerprint density at radius 1 is 1.09 bits per heavy atom. The predicted molar refractivity (Wildman–Crippen MR) is 85.7 cm³/mol. The number of nitrogens with one attached hydrogen (secondary N) is 1. The summed E-state index contributed by atoms with van der Waals surface area (Å²) in [7, 11) is 0. The van der Waals surface area contributed by atoms with Crippen molar-refractivity contribution in [2.45, 2.75) is 6.42 Å². The van der Waals surface area contributed by atoms with E-state index in [1.54, 1.807) is 18.3 Å². The van der Waals surface area contributed by atoms with E-state index in [9.17, 15) is 4.79 Å². The van der Waals surface area contributed by atoms with E-state index in [0.717, 1.165) is 16.7 Å². The van der Waals surface area contributed by atoms with Gasteiger partial charge in [0, 0.05) is 5.02 Å². The second-order valence-corrected chi connectivity index (χ2v) is 5.22. The van der Waals surface area contributed by atoms with Gasteiger partial charge in [-0.05, 0) is 23.3 Å². The van der Waals surface area contributed by atoms with Crippen molar-refractivity contribution in [1.82, 2.24) is 5.16 Å². The minimum absolute atomic E-state index is 0.170. The number of anilines is 1. The molecule has 0 saturated heterocycles. The van der Waals surface area contributed by atoms with E-state index in [-0.39, 0.29) is 12.3 Å². The third kappa shape index (κ3) is 3.35. The van der Waals surface area contributed by atoms with Crippen molar-refractivity contribution in [3.63, 3.8) is 0 Å². The molecule has 1 N–H and O–H groups in total. The van der Waals surface area contributed by atoms with E-state index in [1.807, 2.05) is 42.5 Å². The summed E-state index contributed by atoms with van der Waals surface area (Å²) in [4.78, 5) is 12.1. The highest BCUT2D eigenvalue weighted by molar-refractivity contribution is 6.30. The van der Waals surface area contributed by atoms with Gasteiger partial charge in [-0.2, -0.15) is 0 Å². The molecule has 0 radical (unpaired) electrons. The Hall–Kier alpha value is -2.59. The summed E-state index contributed by atoms with van der Waals surface area (Å²) in [6.07, 6.45) is 1.83. The highest BCUT2D eigenvalue weighted by Crippen LogP contribution is 2.27. The summed E-state index contributed by atoms with van der Waals surface area (Å²) in [6, 6.07) is 16.8. The molecule has 0 aliphatic carbocycles. The Labute approximate surface area is 132 Å². The van der Waals surface area contributed by atoms with Gasteiger partial charge in [0.25, 0.3) is 0 Å². The van der Waals surface area contributed by atoms with Crippen LogP contribution in [0.15, 0.2) is 65.3 Å². The summed E-state index contributed by atoms with van der Waals surface area (Å²) in [6.45, 7) is 0. The molecule has 1 heterocycles. The number of carbonyl (C=O) groups excluding carboxylic acids is 1. The zero-order valence-electron chi connectivity index (χ0n) is 11.6. The Morgan fingerprint density at radius 2 is 1.82 bits per heavy atom. The summed E-state index contributed by atoms with van der Waals surface area (Å²) >= 11 is 5.83. The Kier molecular flexibility index (Phi) is 4.21. The fourth-order valence-corrected chi connectivity index (χ4v) is 2.24. The maximum Gasteiger partial charge on any atom is 0.239 e. The first-order chi connectivity index (χ1) is 10.7. The molecule has 4 nitrogen and oxygen atoms in total. The van der Waals surface area contributed by atoms with Crippen LogP contribution in [0.5, 0.6) is 0 Å². The van der Waals surface area contributed by atoms with Crippen LogP contribution in [0.1, 0.15) is 5.56 Å². The summed E-state index contributed by atoms with van der Waals surface area (Å²) in [5, 5.41) is 7.16. The van der Waals surface area contributed by atoms with Crippen molar-refractivity contribution < 1.29 is 9.32 Å². The lowest BCUT2D eigenvalue weighted by Crippen LogP contribution is -2.14. The van der Waals surface area contributed by atoms with Crippen LogP contribution in [-0.4, -0.2) is 11.1 Å². The van der Waals surface area contributed by atoms with Crippen LogP contribution in [0.4, 0.5) is 5.88 Å². The van der Waals surface area contributed by atoms with E-state index >= 15 is 0 Å². The minimum atomic E-state index is -0.170. The second kappa shape index (κ2) is 6.45. The molecule has 0 spiro atoms. The van der Waals surface area contributed by atoms with Crippen molar-refractivity contribution in [3.05, 3.63) is 71.4 Å². The van der Waals surface area contributed by atoms with Crippen LogP contribution in [0, 0.1) is 0 Å². The molecule has 0 unspecified atom stereocenters. The van der Waals surface area contributed by atoms with Gasteiger partial charge < -0.3 is 4.52 Å². The Morgan fingerprint density at radius 3 is 2.55 bits per heavy atom. The number of rotatable bonds is 4. The number of carbonyl (C=O) groups is 1. The van der Waals surface area contributed by atoms with Gasteiger partial charge in [-0.1, -0.05) is 59.2 Å². The van der Waals surface area contributed by atoms with E-state index in [2.05, 4.69) is 10.5 Å². The van der Waals surface area contributed by atoms with Crippen molar-refractivity contribution in [3.8, 4) is 11.1 Å². The fraction of sp³-hybridized carbons (Fsp3) is 0.0588. The maximum atomic E-state index is 12.1. The van der Waals surface area contributed by atoms with Gasteiger partial charge in [0.05, 0.1) is 18.2 Å². The summed E-state index contributed by atoms with van der Waals surface area (Å²) < 4.78 is 5.14. The van der Waals surface area contributed by atoms with Crippen molar-refractivity contribution in [2.75, 3.05) is 5.32 Å². The Bertz CT molecular complexity index is 767. The summed E-state index contributed by atoms with van der Waals surface area (Å²) in [5.74, 6) is 0.182. The smallest absolute Gasteiger partial charge is 0.239 e. The van der Waals surface area contributed by atoms with Gasteiger partial charge in [0.1, 0.15) is 0 Å². The molecule has 5 heteroatoms. The SMILES string of the molecule is O=C(Cc1ccc(Cl)cc1)Nc1oncc1-c1ccccc1. The second-order valence-electron chi connectivity index (χ2n) is 4.79. The molecule has 1 aromatic heterocycles. The highest BCUT2D eigenvalue weighted by Gasteiger charge is 2.13. The lowest BCUT2D eigenvalue weighted by Gasteiger charge is -2.04. The number of amides is 1. The molecule has 3 rings (SSSR count). The lowest BCUT2D eigenvalue weighted by atomic mass is 10.1. The molecule has 2 aromatic carbocycles. The van der Waals surface area contributed by atoms with Gasteiger partial charge in [-0.25, -0.2) is 0 Å². The Balaban J connectivity index is 1.73. The van der Waals surface area contributed by atoms with Gasteiger partial charge in [-0.15, -0.1) is 0 Å². The zero-order chi connectivity index (χ0) is 15.4. The number of benzene rings is 2. The highest BCUT2D eigenvalue weighted by atomic mass is 35.5. The molecule has 0 atom stereocenters. The van der Waals surface area contributed by atoms with Crippen LogP contribution >= 0.6 is 11.6 Å². The van der Waals surface area contributed by atoms with Crippen molar-refractivity contribution >= 4 is 23.4 Å². The molecule has 0 aliphatic heterocycles. The molecule has 0 fully saturated rings. The largest absolute Gasteiger partial charge is 0.338 e. The van der Waals surface area contributed by atoms with Gasteiger partial charge in [-0.3, -0.25) is 10.1 Å². The normalized spacial score (nSPS) is 10.4. The maximum absolute atomic E-state index is 12.1. The first-order valence-corrected chi connectivity index (χ1v) is 7.14. The first-order valence-electron chi connectivity index (χ1n) is 6.77. The van der Waals surface area contributed by atoms with E-state index < -0.39 is 0 Å². The van der Waals surface area contributed by atoms with Crippen LogP contribution in [0.2, 0.25) is 5.02 Å². The lowest BCUT2D eigenvalue weighted by molar-refractivity contribution is -0.115. The van der Waals surface area contributed by atoms with Crippen LogP contribution in [0.25, 0.3) is 11.1 Å². The van der Waals surface area contributed by atoms with E-state index in [0.29, 0.717) is 10.9 Å². The first kappa shape index (κ1) is 14.4. The monoisotopic (exact) mass is 312 g/mol. The van der Waals surface area contributed by atoms with E-state index in [4.69, 9.17) is 16.1 Å². The van der Waals surface area contributed by atoms with Gasteiger partial charge in [0.2, 0.25) is 11.8 Å². The summed E-state index contributed by atoms with van der Waals surface area (Å²) in [5.41, 5.74) is 2.57. The molecule has 0 bridgehead atoms. The predicted octanol–water partition coefficient (Wildman–Crippen LogP) is 4.18. The third-order valence-electron chi connectivity index (χ3n) is 3.19. The zero-order valence-corrected chi connectivity index (χ0v) is 12.4. The van der Waals surface area contributed by atoms with Crippen molar-refractivity contribution in [2.24, 2.45) is 0 Å². The van der Waals surface area contributed by atoms with Crippen LogP contribution in [0.3, 0.4) is 0 Å².